The molecule has 0 aromatic heterocycles. The lowest BCUT2D eigenvalue weighted by Crippen LogP contribution is -2.28. The highest BCUT2D eigenvalue weighted by atomic mass is 16.6. The average Bonchev–Trinajstić information content (AvgIpc) is 2.59. The fourth-order valence-corrected chi connectivity index (χ4v) is 2.10. The van der Waals surface area contributed by atoms with Crippen molar-refractivity contribution >= 4 is 29.0 Å². The zero-order valence-corrected chi connectivity index (χ0v) is 13.2. The number of nitrogens with zero attached hydrogens (tertiary/aromatic N) is 1. The van der Waals surface area contributed by atoms with Crippen LogP contribution in [0.1, 0.15) is 10.4 Å². The van der Waals surface area contributed by atoms with E-state index in [2.05, 4.69) is 16.0 Å². The van der Waals surface area contributed by atoms with Crippen molar-refractivity contribution in [3.8, 4) is 0 Å². The van der Waals surface area contributed by atoms with Gasteiger partial charge >= 0.3 is 6.03 Å². The summed E-state index contributed by atoms with van der Waals surface area (Å²) in [6.45, 7) is 0.615. The molecule has 0 fully saturated rings. The number of para-hydroxylation sites is 2. The van der Waals surface area contributed by atoms with Gasteiger partial charge in [0, 0.05) is 30.4 Å². The maximum atomic E-state index is 12.0. The Hall–Kier alpha value is -3.62. The Morgan fingerprint density at radius 1 is 1.04 bits per heavy atom. The zero-order chi connectivity index (χ0) is 18.2. The molecule has 3 amide bonds. The van der Waals surface area contributed by atoms with E-state index < -0.39 is 11.0 Å². The van der Waals surface area contributed by atoms with E-state index in [1.807, 2.05) is 0 Å². The summed E-state index contributed by atoms with van der Waals surface area (Å²) in [4.78, 5) is 33.2. The number of nitro groups is 1. The Morgan fingerprint density at radius 2 is 1.72 bits per heavy atom. The molecule has 9 heteroatoms. The summed E-state index contributed by atoms with van der Waals surface area (Å²) in [5.74, 6) is -0.296. The summed E-state index contributed by atoms with van der Waals surface area (Å²) >= 11 is 0. The normalized spacial score (nSPS) is 9.92. The fourth-order valence-electron chi connectivity index (χ4n) is 2.10. The number of primary amides is 1. The van der Waals surface area contributed by atoms with Crippen LogP contribution in [0, 0.1) is 10.1 Å². The third-order valence-corrected chi connectivity index (χ3v) is 3.24. The standard InChI is InChI=1S/C16H17N5O4/c17-16(23)20-12-7-5-11(6-8-12)15(22)19-10-9-18-13-3-1-2-4-14(13)21(24)25/h1-8,18H,9-10H2,(H,19,22)(H3,17,20,23). The summed E-state index contributed by atoms with van der Waals surface area (Å²) in [5, 5.41) is 18.9. The van der Waals surface area contributed by atoms with Crippen LogP contribution in [0.2, 0.25) is 0 Å². The number of urea groups is 1. The van der Waals surface area contributed by atoms with Gasteiger partial charge in [0.05, 0.1) is 4.92 Å². The van der Waals surface area contributed by atoms with Crippen LogP contribution >= 0.6 is 0 Å². The van der Waals surface area contributed by atoms with Gasteiger partial charge in [-0.2, -0.15) is 0 Å². The molecule has 0 saturated heterocycles. The molecule has 0 aliphatic carbocycles. The van der Waals surface area contributed by atoms with Gasteiger partial charge in [0.25, 0.3) is 11.6 Å². The van der Waals surface area contributed by atoms with Crippen LogP contribution in [0.15, 0.2) is 48.5 Å². The second-order valence-electron chi connectivity index (χ2n) is 5.02. The van der Waals surface area contributed by atoms with E-state index in [-0.39, 0.29) is 18.1 Å². The van der Waals surface area contributed by atoms with E-state index >= 15 is 0 Å². The number of hydrogen-bond donors (Lipinski definition) is 4. The molecule has 0 spiro atoms. The lowest BCUT2D eigenvalue weighted by atomic mass is 10.2. The van der Waals surface area contributed by atoms with Gasteiger partial charge in [-0.1, -0.05) is 12.1 Å². The maximum absolute atomic E-state index is 12.0. The summed E-state index contributed by atoms with van der Waals surface area (Å²) in [6.07, 6.45) is 0. The number of anilines is 2. The molecule has 2 aromatic carbocycles. The topological polar surface area (TPSA) is 139 Å². The molecule has 0 atom stereocenters. The molecule has 0 radical (unpaired) electrons. The number of rotatable bonds is 7. The minimum Gasteiger partial charge on any atom is -0.378 e. The Balaban J connectivity index is 1.83. The minimum atomic E-state index is -0.682. The van der Waals surface area contributed by atoms with Crippen LogP contribution in [0.3, 0.4) is 0 Å². The lowest BCUT2D eigenvalue weighted by Gasteiger charge is -2.09. The monoisotopic (exact) mass is 343 g/mol. The summed E-state index contributed by atoms with van der Waals surface area (Å²) in [6, 6.07) is 11.8. The van der Waals surface area contributed by atoms with E-state index in [0.717, 1.165) is 0 Å². The minimum absolute atomic E-state index is 0.0219. The molecule has 0 heterocycles. The van der Waals surface area contributed by atoms with Crippen molar-refractivity contribution in [3.63, 3.8) is 0 Å². The SMILES string of the molecule is NC(=O)Nc1ccc(C(=O)NCCNc2ccccc2[N+](=O)[O-])cc1. The smallest absolute Gasteiger partial charge is 0.316 e. The summed E-state index contributed by atoms with van der Waals surface area (Å²) in [5.41, 5.74) is 6.28. The van der Waals surface area contributed by atoms with Crippen LogP contribution in [0.4, 0.5) is 21.9 Å². The summed E-state index contributed by atoms with van der Waals surface area (Å²) < 4.78 is 0. The predicted molar refractivity (Wildman–Crippen MR) is 93.6 cm³/mol. The van der Waals surface area contributed by atoms with Gasteiger partial charge < -0.3 is 21.7 Å². The number of nitrogens with one attached hydrogen (secondary N) is 3. The lowest BCUT2D eigenvalue weighted by molar-refractivity contribution is -0.384. The second kappa shape index (κ2) is 8.29. The highest BCUT2D eigenvalue weighted by Gasteiger charge is 2.11. The highest BCUT2D eigenvalue weighted by molar-refractivity contribution is 5.95. The zero-order valence-electron chi connectivity index (χ0n) is 13.2. The molecule has 0 bridgehead atoms. The van der Waals surface area contributed by atoms with Gasteiger partial charge in [-0.15, -0.1) is 0 Å². The molecular weight excluding hydrogens is 326 g/mol. The molecule has 0 unspecified atom stereocenters. The number of nitrogens with two attached hydrogens (primary N) is 1. The average molecular weight is 343 g/mol. The largest absolute Gasteiger partial charge is 0.378 e. The van der Waals surface area contributed by atoms with Crippen LogP contribution in [-0.2, 0) is 0 Å². The Morgan fingerprint density at radius 3 is 2.36 bits per heavy atom. The maximum Gasteiger partial charge on any atom is 0.316 e. The van der Waals surface area contributed by atoms with Gasteiger partial charge in [0.15, 0.2) is 0 Å². The van der Waals surface area contributed by atoms with Crippen LogP contribution in [-0.4, -0.2) is 30.0 Å². The third kappa shape index (κ3) is 5.20. The molecule has 5 N–H and O–H groups in total. The first-order chi connectivity index (χ1) is 12.0. The number of carbonyl (C=O) groups excluding carboxylic acids is 2. The number of amides is 3. The quantitative estimate of drug-likeness (QED) is 0.345. The van der Waals surface area contributed by atoms with Gasteiger partial charge in [0.2, 0.25) is 0 Å². The van der Waals surface area contributed by atoms with Crippen molar-refractivity contribution in [2.24, 2.45) is 5.73 Å². The molecule has 2 rings (SSSR count). The number of hydrogen-bond acceptors (Lipinski definition) is 5. The van der Waals surface area contributed by atoms with E-state index in [1.165, 1.54) is 6.07 Å². The highest BCUT2D eigenvalue weighted by Crippen LogP contribution is 2.22. The van der Waals surface area contributed by atoms with Crippen LogP contribution in [0.25, 0.3) is 0 Å². The van der Waals surface area contributed by atoms with E-state index in [4.69, 9.17) is 5.73 Å². The first kappa shape index (κ1) is 17.7. The van der Waals surface area contributed by atoms with Gasteiger partial charge in [-0.05, 0) is 30.3 Å². The van der Waals surface area contributed by atoms with Crippen molar-refractivity contribution < 1.29 is 14.5 Å². The summed E-state index contributed by atoms with van der Waals surface area (Å²) in [7, 11) is 0. The van der Waals surface area contributed by atoms with E-state index in [1.54, 1.807) is 42.5 Å². The van der Waals surface area contributed by atoms with Crippen LogP contribution < -0.4 is 21.7 Å². The van der Waals surface area contributed by atoms with Crippen molar-refractivity contribution in [2.75, 3.05) is 23.7 Å². The van der Waals surface area contributed by atoms with E-state index in [0.29, 0.717) is 23.5 Å². The second-order valence-corrected chi connectivity index (χ2v) is 5.02. The van der Waals surface area contributed by atoms with Crippen molar-refractivity contribution in [1.29, 1.82) is 0 Å². The van der Waals surface area contributed by atoms with Crippen molar-refractivity contribution in [3.05, 3.63) is 64.2 Å². The number of nitro benzene ring substituents is 1. The van der Waals surface area contributed by atoms with Crippen molar-refractivity contribution in [2.45, 2.75) is 0 Å². The number of carbonyl (C=O) groups is 2. The molecule has 130 valence electrons. The Bertz CT molecular complexity index is 776. The molecule has 2 aromatic rings. The molecule has 0 saturated carbocycles. The molecule has 0 aliphatic heterocycles. The van der Waals surface area contributed by atoms with Gasteiger partial charge in [-0.3, -0.25) is 14.9 Å². The number of benzene rings is 2. The molecular formula is C16H17N5O4. The Labute approximate surface area is 143 Å². The first-order valence-corrected chi connectivity index (χ1v) is 7.39. The third-order valence-electron chi connectivity index (χ3n) is 3.24. The fraction of sp³-hybridized carbons (Fsp3) is 0.125. The molecule has 25 heavy (non-hydrogen) atoms. The van der Waals surface area contributed by atoms with Gasteiger partial charge in [-0.25, -0.2) is 4.79 Å². The first-order valence-electron chi connectivity index (χ1n) is 7.39. The molecule has 0 aliphatic rings. The van der Waals surface area contributed by atoms with Crippen LogP contribution in [0.5, 0.6) is 0 Å². The Kier molecular flexibility index (Phi) is 5.88. The van der Waals surface area contributed by atoms with E-state index in [9.17, 15) is 19.7 Å². The van der Waals surface area contributed by atoms with Crippen molar-refractivity contribution in [1.82, 2.24) is 5.32 Å². The molecule has 9 nitrogen and oxygen atoms in total. The van der Waals surface area contributed by atoms with Gasteiger partial charge in [0.1, 0.15) is 5.69 Å². The predicted octanol–water partition coefficient (Wildman–Crippen LogP) is 1.93.